The van der Waals surface area contributed by atoms with E-state index < -0.39 is 27.7 Å². The predicted octanol–water partition coefficient (Wildman–Crippen LogP) is 2.24. The second-order valence-electron chi connectivity index (χ2n) is 12.5. The van der Waals surface area contributed by atoms with Crippen molar-refractivity contribution in [1.29, 1.82) is 0 Å². The standard InChI is InChI=1S/C31H46N6O6S/c1-5-6-15-37-29(39)26(28(38)23-11-18-43-19-12-23)32-30(40)31(37)13-16-36(17-14-31)27(25-20(2)33-34-21(25)3)22-7-9-24(10-8-22)35-44(4,41)42/h7-10,23,26-28,35,38H,5-6,11-19H2,1-4H3,(H,32,40)(H,33,34)/t26-,27?,28-/m1/s1. The van der Waals surface area contributed by atoms with Crippen LogP contribution in [0.1, 0.15) is 74.0 Å². The fourth-order valence-electron chi connectivity index (χ4n) is 7.16. The second kappa shape index (κ2) is 13.2. The van der Waals surface area contributed by atoms with Crippen LogP contribution in [0.2, 0.25) is 0 Å². The highest BCUT2D eigenvalue weighted by molar-refractivity contribution is 7.92. The SMILES string of the molecule is CCCCN1C(=O)[C@@H]([C@H](O)C2CCOCC2)NC(=O)C12CCN(C(c1ccc(NS(C)(=O)=O)cc1)c1c(C)n[nH]c1C)CC2. The number of rotatable bonds is 10. The third kappa shape index (κ3) is 6.51. The highest BCUT2D eigenvalue weighted by Crippen LogP contribution is 2.40. The lowest BCUT2D eigenvalue weighted by atomic mass is 9.78. The van der Waals surface area contributed by atoms with Crippen LogP contribution < -0.4 is 10.0 Å². The minimum absolute atomic E-state index is 0.0943. The van der Waals surface area contributed by atoms with Gasteiger partial charge < -0.3 is 20.1 Å². The molecule has 3 aliphatic heterocycles. The monoisotopic (exact) mass is 630 g/mol. The van der Waals surface area contributed by atoms with E-state index in [1.807, 2.05) is 26.0 Å². The smallest absolute Gasteiger partial charge is 0.248 e. The van der Waals surface area contributed by atoms with Gasteiger partial charge in [-0.1, -0.05) is 25.5 Å². The number of aromatic nitrogens is 2. The van der Waals surface area contributed by atoms with Crippen molar-refractivity contribution in [3.63, 3.8) is 0 Å². The van der Waals surface area contributed by atoms with E-state index in [1.54, 1.807) is 17.0 Å². The number of amides is 2. The van der Waals surface area contributed by atoms with E-state index in [2.05, 4.69) is 32.1 Å². The zero-order valence-corrected chi connectivity index (χ0v) is 27.0. The average Bonchev–Trinajstić information content (AvgIpc) is 3.33. The molecule has 0 saturated carbocycles. The van der Waals surface area contributed by atoms with Crippen LogP contribution in [0, 0.1) is 19.8 Å². The average molecular weight is 631 g/mol. The van der Waals surface area contributed by atoms with Crippen LogP contribution in [0.15, 0.2) is 24.3 Å². The van der Waals surface area contributed by atoms with Gasteiger partial charge in [-0.2, -0.15) is 5.10 Å². The Morgan fingerprint density at radius 2 is 1.80 bits per heavy atom. The fraction of sp³-hybridized carbons (Fsp3) is 0.645. The summed E-state index contributed by atoms with van der Waals surface area (Å²) >= 11 is 0. The molecule has 0 aliphatic carbocycles. The normalized spacial score (nSPS) is 23.0. The highest BCUT2D eigenvalue weighted by Gasteiger charge is 2.55. The van der Waals surface area contributed by atoms with Crippen molar-refractivity contribution in [2.24, 2.45) is 5.92 Å². The number of nitrogens with zero attached hydrogens (tertiary/aromatic N) is 3. The molecule has 44 heavy (non-hydrogen) atoms. The molecule has 2 aromatic rings. The van der Waals surface area contributed by atoms with Gasteiger partial charge in [0.25, 0.3) is 0 Å². The first-order valence-electron chi connectivity index (χ1n) is 15.7. The number of sulfonamides is 1. The molecule has 3 aliphatic rings. The summed E-state index contributed by atoms with van der Waals surface area (Å²) in [5.41, 5.74) is 3.31. The first-order valence-corrected chi connectivity index (χ1v) is 17.6. The number of anilines is 1. The van der Waals surface area contributed by atoms with Gasteiger partial charge in [-0.3, -0.25) is 24.3 Å². The summed E-state index contributed by atoms with van der Waals surface area (Å²) in [5, 5.41) is 21.7. The maximum absolute atomic E-state index is 14.0. The molecular formula is C31H46N6O6S. The number of carbonyl (C=O) groups excluding carboxylic acids is 2. The molecular weight excluding hydrogens is 584 g/mol. The van der Waals surface area contributed by atoms with Gasteiger partial charge in [-0.15, -0.1) is 0 Å². The lowest BCUT2D eigenvalue weighted by Crippen LogP contribution is -2.75. The molecule has 4 N–H and O–H groups in total. The number of unbranched alkanes of at least 4 members (excludes halogenated alkanes) is 1. The molecule has 3 fully saturated rings. The maximum Gasteiger partial charge on any atom is 0.248 e. The fourth-order valence-corrected chi connectivity index (χ4v) is 7.72. The van der Waals surface area contributed by atoms with E-state index >= 15 is 0 Å². The van der Waals surface area contributed by atoms with Crippen LogP contribution in [-0.2, 0) is 24.3 Å². The van der Waals surface area contributed by atoms with Gasteiger partial charge >= 0.3 is 0 Å². The lowest BCUT2D eigenvalue weighted by molar-refractivity contribution is -0.166. The van der Waals surface area contributed by atoms with Crippen molar-refractivity contribution >= 4 is 27.5 Å². The number of piperazine rings is 1. The van der Waals surface area contributed by atoms with Crippen LogP contribution in [0.3, 0.4) is 0 Å². The summed E-state index contributed by atoms with van der Waals surface area (Å²) in [6, 6.07) is 6.20. The quantitative estimate of drug-likeness (QED) is 0.311. The number of aryl methyl sites for hydroxylation is 2. The van der Waals surface area contributed by atoms with Gasteiger partial charge in [0.05, 0.1) is 24.1 Å². The van der Waals surface area contributed by atoms with Crippen molar-refractivity contribution in [1.82, 2.24) is 25.3 Å². The first kappa shape index (κ1) is 32.4. The molecule has 1 spiro atoms. The minimum atomic E-state index is -3.41. The number of ether oxygens (including phenoxy) is 1. The highest BCUT2D eigenvalue weighted by atomic mass is 32.2. The molecule has 12 nitrogen and oxygen atoms in total. The molecule has 5 rings (SSSR count). The number of H-pyrrole nitrogens is 1. The summed E-state index contributed by atoms with van der Waals surface area (Å²) < 4.78 is 31.5. The van der Waals surface area contributed by atoms with Crippen LogP contribution in [0.5, 0.6) is 0 Å². The number of carbonyl (C=O) groups is 2. The summed E-state index contributed by atoms with van der Waals surface area (Å²) in [5.74, 6) is -0.479. The zero-order valence-electron chi connectivity index (χ0n) is 26.1. The Balaban J connectivity index is 1.41. The Hall–Kier alpha value is -3.00. The maximum atomic E-state index is 14.0. The van der Waals surface area contributed by atoms with E-state index in [-0.39, 0.29) is 23.8 Å². The molecule has 3 saturated heterocycles. The lowest BCUT2D eigenvalue weighted by Gasteiger charge is -2.53. The van der Waals surface area contributed by atoms with Gasteiger partial charge in [0, 0.05) is 49.8 Å². The van der Waals surface area contributed by atoms with Gasteiger partial charge in [-0.25, -0.2) is 8.42 Å². The number of aliphatic hydroxyl groups is 1. The molecule has 1 aromatic carbocycles. The van der Waals surface area contributed by atoms with Gasteiger partial charge in [0.2, 0.25) is 21.8 Å². The van der Waals surface area contributed by atoms with Gasteiger partial charge in [0.1, 0.15) is 11.6 Å². The van der Waals surface area contributed by atoms with E-state index in [4.69, 9.17) is 4.74 Å². The van der Waals surface area contributed by atoms with Crippen LogP contribution >= 0.6 is 0 Å². The van der Waals surface area contributed by atoms with Crippen LogP contribution in [-0.4, -0.2) is 102 Å². The Kier molecular flexibility index (Phi) is 9.69. The zero-order chi connectivity index (χ0) is 31.6. The van der Waals surface area contributed by atoms with Gasteiger partial charge in [-0.05, 0) is 69.6 Å². The number of hydrogen-bond donors (Lipinski definition) is 4. The van der Waals surface area contributed by atoms with E-state index in [0.717, 1.165) is 41.6 Å². The predicted molar refractivity (Wildman–Crippen MR) is 166 cm³/mol. The molecule has 2 amide bonds. The largest absolute Gasteiger partial charge is 0.390 e. The van der Waals surface area contributed by atoms with Crippen molar-refractivity contribution in [2.45, 2.75) is 83.0 Å². The topological polar surface area (TPSA) is 157 Å². The molecule has 3 atom stereocenters. The Morgan fingerprint density at radius 3 is 2.36 bits per heavy atom. The molecule has 13 heteroatoms. The third-order valence-electron chi connectivity index (χ3n) is 9.56. The number of piperidine rings is 1. The number of aliphatic hydroxyl groups excluding tert-OH is 1. The number of likely N-dealkylation sites (tertiary alicyclic amines) is 1. The third-order valence-corrected chi connectivity index (χ3v) is 10.2. The first-order chi connectivity index (χ1) is 20.9. The molecule has 4 heterocycles. The molecule has 1 unspecified atom stereocenters. The summed E-state index contributed by atoms with van der Waals surface area (Å²) in [4.78, 5) is 32.1. The van der Waals surface area contributed by atoms with Gasteiger partial charge in [0.15, 0.2) is 0 Å². The molecule has 0 radical (unpaired) electrons. The van der Waals surface area contributed by atoms with Crippen molar-refractivity contribution in [3.8, 4) is 0 Å². The molecule has 242 valence electrons. The van der Waals surface area contributed by atoms with Crippen LogP contribution in [0.25, 0.3) is 0 Å². The number of benzene rings is 1. The van der Waals surface area contributed by atoms with Crippen molar-refractivity contribution < 1.29 is 27.9 Å². The van der Waals surface area contributed by atoms with Crippen molar-refractivity contribution in [2.75, 3.05) is 43.8 Å². The molecule has 0 bridgehead atoms. The number of hydrogen-bond acceptors (Lipinski definition) is 8. The number of nitrogens with one attached hydrogen (secondary N) is 3. The number of aromatic amines is 1. The second-order valence-corrected chi connectivity index (χ2v) is 14.3. The Bertz CT molecular complexity index is 1410. The Labute approximate surface area is 260 Å². The summed E-state index contributed by atoms with van der Waals surface area (Å²) in [6.45, 7) is 8.67. The Morgan fingerprint density at radius 1 is 1.14 bits per heavy atom. The van der Waals surface area contributed by atoms with E-state index in [9.17, 15) is 23.1 Å². The molecule has 1 aromatic heterocycles. The minimum Gasteiger partial charge on any atom is -0.390 e. The summed E-state index contributed by atoms with van der Waals surface area (Å²) in [7, 11) is -3.41. The van der Waals surface area contributed by atoms with Crippen LogP contribution in [0.4, 0.5) is 5.69 Å². The van der Waals surface area contributed by atoms with E-state index in [1.165, 1.54) is 0 Å². The van der Waals surface area contributed by atoms with E-state index in [0.29, 0.717) is 64.2 Å². The van der Waals surface area contributed by atoms with Crippen molar-refractivity contribution in [3.05, 3.63) is 46.8 Å². The summed E-state index contributed by atoms with van der Waals surface area (Å²) in [6.07, 6.45) is 4.05.